The maximum atomic E-state index is 11.4. The molecule has 0 aliphatic carbocycles. The van der Waals surface area contributed by atoms with Gasteiger partial charge in [-0.05, 0) is 0 Å². The zero-order valence-corrected chi connectivity index (χ0v) is 15.6. The summed E-state index contributed by atoms with van der Waals surface area (Å²) in [5, 5.41) is 68.5. The molecule has 166 valence electrons. The highest BCUT2D eigenvalue weighted by Gasteiger charge is 2.50. The van der Waals surface area contributed by atoms with Gasteiger partial charge in [-0.1, -0.05) is 0 Å². The molecule has 2 aliphatic rings. The van der Waals surface area contributed by atoms with Gasteiger partial charge >= 0.3 is 7.82 Å². The second-order valence-electron chi connectivity index (χ2n) is 6.29. The second-order valence-corrected chi connectivity index (χ2v) is 7.86. The van der Waals surface area contributed by atoms with Crippen LogP contribution in [0.4, 0.5) is 0 Å². The Morgan fingerprint density at radius 3 is 1.75 bits per heavy atom. The Morgan fingerprint density at radius 2 is 1.29 bits per heavy atom. The van der Waals surface area contributed by atoms with E-state index in [1.165, 1.54) is 0 Å². The lowest BCUT2D eigenvalue weighted by atomic mass is 9.98. The molecular formula is C13H25O14P. The zero-order chi connectivity index (χ0) is 21.2. The van der Waals surface area contributed by atoms with Crippen molar-refractivity contribution in [1.82, 2.24) is 0 Å². The minimum absolute atomic E-state index is 0.723. The van der Waals surface area contributed by atoms with Crippen molar-refractivity contribution < 1.29 is 68.5 Å². The summed E-state index contributed by atoms with van der Waals surface area (Å²) in [6.45, 7) is -1.46. The van der Waals surface area contributed by atoms with E-state index in [-0.39, 0.29) is 0 Å². The first-order valence-corrected chi connectivity index (χ1v) is 9.70. The lowest BCUT2D eigenvalue weighted by Crippen LogP contribution is -2.63. The van der Waals surface area contributed by atoms with Gasteiger partial charge in [-0.25, -0.2) is 4.57 Å². The van der Waals surface area contributed by atoms with E-state index in [0.717, 1.165) is 7.11 Å². The molecule has 11 atom stereocenters. The van der Waals surface area contributed by atoms with Crippen molar-refractivity contribution in [3.63, 3.8) is 0 Å². The molecule has 0 aromatic carbocycles. The molecule has 0 saturated carbocycles. The monoisotopic (exact) mass is 436 g/mol. The molecule has 2 rings (SSSR count). The molecule has 2 aliphatic heterocycles. The van der Waals surface area contributed by atoms with E-state index >= 15 is 0 Å². The fourth-order valence-corrected chi connectivity index (χ4v) is 3.14. The Labute approximate surface area is 159 Å². The smallest absolute Gasteiger partial charge is 0.394 e. The number of rotatable bonds is 7. The molecule has 8 N–H and O–H groups in total. The summed E-state index contributed by atoms with van der Waals surface area (Å²) >= 11 is 0. The lowest BCUT2D eigenvalue weighted by molar-refractivity contribution is -0.376. The van der Waals surface area contributed by atoms with Crippen molar-refractivity contribution in [2.24, 2.45) is 0 Å². The van der Waals surface area contributed by atoms with Gasteiger partial charge in [0.15, 0.2) is 12.6 Å². The lowest BCUT2D eigenvalue weighted by Gasteiger charge is -2.44. The summed E-state index contributed by atoms with van der Waals surface area (Å²) in [6.07, 6.45) is -16.8. The van der Waals surface area contributed by atoms with Crippen LogP contribution in [-0.2, 0) is 27.8 Å². The Morgan fingerprint density at radius 1 is 0.821 bits per heavy atom. The summed E-state index contributed by atoms with van der Waals surface area (Å²) in [4.78, 5) is 9.23. The molecule has 0 radical (unpaired) electrons. The minimum Gasteiger partial charge on any atom is -0.394 e. The number of hydrogen-bond acceptors (Lipinski definition) is 13. The van der Waals surface area contributed by atoms with Crippen LogP contribution in [0, 0.1) is 0 Å². The highest BCUT2D eigenvalue weighted by molar-refractivity contribution is 7.47. The van der Waals surface area contributed by atoms with E-state index in [9.17, 15) is 40.1 Å². The van der Waals surface area contributed by atoms with E-state index in [0.29, 0.717) is 0 Å². The van der Waals surface area contributed by atoms with E-state index in [1.807, 2.05) is 0 Å². The first-order valence-electron chi connectivity index (χ1n) is 8.21. The van der Waals surface area contributed by atoms with Gasteiger partial charge in [0.2, 0.25) is 0 Å². The number of ether oxygens (including phenoxy) is 3. The SMILES string of the molecule is COP(=O)(O)OC[C@H]1O[C@H](O[C@H]2O[C@H](CO)[C@@H](O)[C@H](O)[C@H]2O)[C@H](O)[C@@H](O)[C@@H]1O. The quantitative estimate of drug-likeness (QED) is 0.176. The van der Waals surface area contributed by atoms with Crippen LogP contribution in [0.1, 0.15) is 0 Å². The van der Waals surface area contributed by atoms with Crippen LogP contribution in [0.25, 0.3) is 0 Å². The fraction of sp³-hybridized carbons (Fsp3) is 1.00. The molecule has 1 unspecified atom stereocenters. The summed E-state index contributed by atoms with van der Waals surface area (Å²) in [5.41, 5.74) is 0. The van der Waals surface area contributed by atoms with Crippen LogP contribution in [0.2, 0.25) is 0 Å². The van der Waals surface area contributed by atoms with E-state index < -0.39 is 82.4 Å². The van der Waals surface area contributed by atoms with E-state index in [1.54, 1.807) is 0 Å². The van der Waals surface area contributed by atoms with Gasteiger partial charge in [0, 0.05) is 7.11 Å². The second kappa shape index (κ2) is 9.68. The molecule has 2 saturated heterocycles. The van der Waals surface area contributed by atoms with Crippen molar-refractivity contribution in [3.8, 4) is 0 Å². The average molecular weight is 436 g/mol. The van der Waals surface area contributed by atoms with Crippen molar-refractivity contribution >= 4 is 7.82 Å². The molecule has 0 bridgehead atoms. The van der Waals surface area contributed by atoms with Crippen LogP contribution in [0.15, 0.2) is 0 Å². The van der Waals surface area contributed by atoms with Crippen LogP contribution >= 0.6 is 7.82 Å². The van der Waals surface area contributed by atoms with Crippen molar-refractivity contribution in [2.75, 3.05) is 20.3 Å². The van der Waals surface area contributed by atoms with Gasteiger partial charge in [-0.15, -0.1) is 0 Å². The number of phosphoric ester groups is 1. The highest BCUT2D eigenvalue weighted by Crippen LogP contribution is 2.42. The first kappa shape index (κ1) is 24.0. The van der Waals surface area contributed by atoms with Crippen molar-refractivity contribution in [2.45, 2.75) is 61.4 Å². The van der Waals surface area contributed by atoms with Crippen molar-refractivity contribution in [1.29, 1.82) is 0 Å². The standard InChI is InChI=1S/C13H25O14P/c1-23-28(21,22)24-3-5-7(16)9(18)11(20)13(26-5)27-12-10(19)8(17)6(15)4(2-14)25-12/h4-20H,2-3H2,1H3,(H,21,22)/t4-,5-,6-,7-,8+,9+,10-,11-,12-,13-/m1/s1. The van der Waals surface area contributed by atoms with Crippen LogP contribution < -0.4 is 0 Å². The molecule has 14 nitrogen and oxygen atoms in total. The summed E-state index contributed by atoms with van der Waals surface area (Å²) in [5.74, 6) is 0. The maximum absolute atomic E-state index is 11.4. The van der Waals surface area contributed by atoms with Gasteiger partial charge in [0.1, 0.15) is 48.8 Å². The molecule has 28 heavy (non-hydrogen) atoms. The van der Waals surface area contributed by atoms with E-state index in [4.69, 9.17) is 19.3 Å². The van der Waals surface area contributed by atoms with Gasteiger partial charge in [0.05, 0.1) is 13.2 Å². The van der Waals surface area contributed by atoms with E-state index in [2.05, 4.69) is 9.05 Å². The van der Waals surface area contributed by atoms with Gasteiger partial charge < -0.3 is 54.8 Å². The number of aliphatic hydroxyl groups is 7. The molecule has 2 heterocycles. The third kappa shape index (κ3) is 5.24. The van der Waals surface area contributed by atoms with Crippen LogP contribution in [0.3, 0.4) is 0 Å². The van der Waals surface area contributed by atoms with Gasteiger partial charge in [-0.3, -0.25) is 9.05 Å². The summed E-state index contributed by atoms with van der Waals surface area (Å²) in [6, 6.07) is 0. The number of aliphatic hydroxyl groups excluding tert-OH is 7. The zero-order valence-electron chi connectivity index (χ0n) is 14.7. The third-order valence-electron chi connectivity index (χ3n) is 4.42. The van der Waals surface area contributed by atoms with Gasteiger partial charge in [0.25, 0.3) is 0 Å². The molecule has 15 heteroatoms. The predicted octanol–water partition coefficient (Wildman–Crippen LogP) is -4.63. The third-order valence-corrected chi connectivity index (χ3v) is 5.35. The fourth-order valence-electron chi connectivity index (χ4n) is 2.70. The summed E-state index contributed by atoms with van der Waals surface area (Å²) in [7, 11) is -3.52. The summed E-state index contributed by atoms with van der Waals surface area (Å²) < 4.78 is 35.6. The minimum atomic E-state index is -4.42. The normalized spacial score (nSPS) is 46.9. The Balaban J connectivity index is 2.07. The number of phosphoric acid groups is 1. The Kier molecular flexibility index (Phi) is 8.29. The molecule has 2 fully saturated rings. The molecule has 0 amide bonds. The molecule has 0 aromatic heterocycles. The Hall–Kier alpha value is -0.290. The van der Waals surface area contributed by atoms with Crippen LogP contribution in [0.5, 0.6) is 0 Å². The van der Waals surface area contributed by atoms with Crippen molar-refractivity contribution in [3.05, 3.63) is 0 Å². The van der Waals surface area contributed by atoms with Gasteiger partial charge in [-0.2, -0.15) is 0 Å². The maximum Gasteiger partial charge on any atom is 0.472 e. The first-order chi connectivity index (χ1) is 13.0. The topological polar surface area (TPSA) is 225 Å². The van der Waals surface area contributed by atoms with Crippen LogP contribution in [-0.4, -0.2) is 122 Å². The average Bonchev–Trinajstić information content (AvgIpc) is 2.67. The largest absolute Gasteiger partial charge is 0.472 e. The molecular weight excluding hydrogens is 411 g/mol. The number of hydrogen-bond donors (Lipinski definition) is 8. The highest BCUT2D eigenvalue weighted by atomic mass is 31.2. The predicted molar refractivity (Wildman–Crippen MR) is 84.3 cm³/mol. The Bertz CT molecular complexity index is 547. The molecule has 0 spiro atoms. The molecule has 0 aromatic rings.